The molecule has 5 rings (SSSR count). The molecule has 0 amide bonds. The number of aromatic amines is 1. The molecular formula is C21H30N3O9P. The molecule has 0 bridgehead atoms. The van der Waals surface area contributed by atoms with E-state index < -0.39 is 54.6 Å². The van der Waals surface area contributed by atoms with Gasteiger partial charge in [0.1, 0.15) is 18.3 Å². The van der Waals surface area contributed by atoms with E-state index >= 15 is 0 Å². The Labute approximate surface area is 195 Å². The Hall–Kier alpha value is -1.82. The fraction of sp³-hybridized carbons (Fsp3) is 0.762. The molecule has 1 spiro atoms. The Bertz CT molecular complexity index is 1130. The lowest BCUT2D eigenvalue weighted by molar-refractivity contribution is -0.155. The quantitative estimate of drug-likeness (QED) is 0.414. The fourth-order valence-corrected chi connectivity index (χ4v) is 7.00. The Morgan fingerprint density at radius 1 is 1.32 bits per heavy atom. The number of aromatic nitrogens is 2. The first-order valence-corrected chi connectivity index (χ1v) is 13.1. The Morgan fingerprint density at radius 2 is 2.06 bits per heavy atom. The van der Waals surface area contributed by atoms with Crippen LogP contribution in [0.25, 0.3) is 0 Å². The van der Waals surface area contributed by atoms with E-state index in [9.17, 15) is 18.9 Å². The van der Waals surface area contributed by atoms with Gasteiger partial charge in [0, 0.05) is 12.3 Å². The van der Waals surface area contributed by atoms with E-state index in [0.29, 0.717) is 0 Å². The van der Waals surface area contributed by atoms with Crippen LogP contribution in [0, 0.1) is 5.92 Å². The van der Waals surface area contributed by atoms with E-state index in [1.807, 2.05) is 0 Å². The number of hydrogen-bond donors (Lipinski definition) is 2. The van der Waals surface area contributed by atoms with E-state index in [-0.39, 0.29) is 25.1 Å². The summed E-state index contributed by atoms with van der Waals surface area (Å²) in [4.78, 5) is 38.1. The molecule has 12 nitrogen and oxygen atoms in total. The van der Waals surface area contributed by atoms with Gasteiger partial charge >= 0.3 is 19.5 Å². The van der Waals surface area contributed by atoms with Crippen LogP contribution in [0.1, 0.15) is 58.6 Å². The molecule has 2 saturated heterocycles. The molecule has 0 aromatic carbocycles. The number of H-pyrrole nitrogens is 1. The van der Waals surface area contributed by atoms with Gasteiger partial charge in [-0.05, 0) is 39.0 Å². The first kappa shape index (κ1) is 23.9. The molecule has 188 valence electrons. The van der Waals surface area contributed by atoms with Crippen molar-refractivity contribution >= 4 is 13.8 Å². The van der Waals surface area contributed by atoms with Crippen molar-refractivity contribution in [2.75, 3.05) is 6.61 Å². The number of nitrogens with two attached hydrogens (primary N) is 1. The summed E-state index contributed by atoms with van der Waals surface area (Å²) in [7, 11) is -3.95. The highest BCUT2D eigenvalue weighted by Crippen LogP contribution is 2.77. The van der Waals surface area contributed by atoms with Crippen molar-refractivity contribution in [3.8, 4) is 0 Å². The average Bonchev–Trinajstić information content (AvgIpc) is 3.10. The third kappa shape index (κ3) is 3.81. The van der Waals surface area contributed by atoms with Gasteiger partial charge in [0.25, 0.3) is 5.56 Å². The maximum atomic E-state index is 13.1. The van der Waals surface area contributed by atoms with Gasteiger partial charge in [-0.3, -0.25) is 32.7 Å². The number of nitrogens with zero attached hydrogens (tertiary/aromatic N) is 1. The van der Waals surface area contributed by atoms with Crippen molar-refractivity contribution < 1.29 is 32.4 Å². The van der Waals surface area contributed by atoms with Crippen molar-refractivity contribution in [2.24, 2.45) is 11.7 Å². The number of carbonyl (C=O) groups excluding carboxylic acids is 1. The summed E-state index contributed by atoms with van der Waals surface area (Å²) in [6.45, 7) is 3.31. The molecular weight excluding hydrogens is 469 g/mol. The Kier molecular flexibility index (Phi) is 5.90. The first-order chi connectivity index (χ1) is 16.1. The van der Waals surface area contributed by atoms with Crippen molar-refractivity contribution in [2.45, 2.75) is 88.1 Å². The van der Waals surface area contributed by atoms with Gasteiger partial charge in [-0.1, -0.05) is 13.3 Å². The maximum Gasteiger partial charge on any atom is 0.476 e. The normalized spacial score (nSPS) is 39.9. The molecule has 1 aromatic rings. The first-order valence-electron chi connectivity index (χ1n) is 11.7. The lowest BCUT2D eigenvalue weighted by Gasteiger charge is -2.33. The standard InChI is InChI=1S/C21H30N3O9P/c1-12(17(26)30-13-6-4-3-5-7-13)9-11-29-34(28)32-16-15-21(16,33-34)20(2,22)18(31-15)24-10-8-14(25)23-19(24)27/h8,10,12-13,15-16,18H,3-7,9,11,22H2,1-2H3,(H,23,25,27)/t12?,15-,16?,18-,20+,21+,34-/m1/s1. The highest BCUT2D eigenvalue weighted by molar-refractivity contribution is 7.48. The SMILES string of the molecule is CC(CCO[P@]1(=O)OC2[C@H]3O[C@@H](n4ccc(=O)[nH]c4=O)[C@](C)(N)[C@@]23O1)C(=O)OC1CCCCC1. The van der Waals surface area contributed by atoms with Gasteiger partial charge in [0.15, 0.2) is 11.8 Å². The number of hydrogen-bond acceptors (Lipinski definition) is 10. The van der Waals surface area contributed by atoms with Crippen molar-refractivity contribution in [1.82, 2.24) is 9.55 Å². The molecule has 4 aliphatic rings. The van der Waals surface area contributed by atoms with Crippen LogP contribution in [0.15, 0.2) is 21.9 Å². The third-order valence-electron chi connectivity index (χ3n) is 7.29. The summed E-state index contributed by atoms with van der Waals surface area (Å²) < 4.78 is 42.5. The van der Waals surface area contributed by atoms with Crippen LogP contribution in [0.4, 0.5) is 0 Å². The van der Waals surface area contributed by atoms with E-state index in [1.165, 1.54) is 18.7 Å². The zero-order valence-electron chi connectivity index (χ0n) is 19.1. The smallest absolute Gasteiger partial charge is 0.462 e. The van der Waals surface area contributed by atoms with Crippen LogP contribution in [-0.4, -0.2) is 51.6 Å². The van der Waals surface area contributed by atoms with E-state index in [0.717, 1.165) is 30.3 Å². The van der Waals surface area contributed by atoms with Crippen LogP contribution in [-0.2, 0) is 32.4 Å². The highest BCUT2D eigenvalue weighted by Gasteiger charge is 2.89. The van der Waals surface area contributed by atoms with Crippen LogP contribution in [0.5, 0.6) is 0 Å². The number of phosphoric acid groups is 1. The van der Waals surface area contributed by atoms with Crippen LogP contribution in [0.3, 0.4) is 0 Å². The van der Waals surface area contributed by atoms with Crippen LogP contribution < -0.4 is 17.0 Å². The molecule has 34 heavy (non-hydrogen) atoms. The zero-order valence-corrected chi connectivity index (χ0v) is 20.0. The average molecular weight is 499 g/mol. The monoisotopic (exact) mass is 499 g/mol. The van der Waals surface area contributed by atoms with Gasteiger partial charge in [0.05, 0.1) is 18.1 Å². The Balaban J connectivity index is 1.18. The Morgan fingerprint density at radius 3 is 2.76 bits per heavy atom. The molecule has 3 N–H and O–H groups in total. The van der Waals surface area contributed by atoms with Gasteiger partial charge in [-0.15, -0.1) is 0 Å². The second-order valence-corrected chi connectivity index (χ2v) is 11.3. The molecule has 2 unspecified atom stereocenters. The zero-order chi connectivity index (χ0) is 24.3. The molecule has 2 aliphatic heterocycles. The third-order valence-corrected chi connectivity index (χ3v) is 8.80. The number of carbonyl (C=O) groups is 1. The molecule has 13 heteroatoms. The topological polar surface area (TPSA) is 161 Å². The molecule has 0 radical (unpaired) electrons. The van der Waals surface area contributed by atoms with Gasteiger partial charge in [-0.2, -0.15) is 0 Å². The molecule has 3 heterocycles. The summed E-state index contributed by atoms with van der Waals surface area (Å²) in [5, 5.41) is 0. The lowest BCUT2D eigenvalue weighted by atomic mass is 9.92. The summed E-state index contributed by atoms with van der Waals surface area (Å²) in [6, 6.07) is 1.18. The largest absolute Gasteiger partial charge is 0.476 e. The molecule has 7 atom stereocenters. The minimum Gasteiger partial charge on any atom is -0.462 e. The minimum absolute atomic E-state index is 0.0277. The molecule has 2 aliphatic carbocycles. The highest BCUT2D eigenvalue weighted by atomic mass is 31.2. The molecule has 1 aromatic heterocycles. The second-order valence-electron chi connectivity index (χ2n) is 9.79. The molecule has 2 saturated carbocycles. The van der Waals surface area contributed by atoms with Crippen LogP contribution >= 0.6 is 7.82 Å². The number of esters is 1. The summed E-state index contributed by atoms with van der Waals surface area (Å²) in [5.41, 5.74) is 2.73. The van der Waals surface area contributed by atoms with Crippen LogP contribution in [0.2, 0.25) is 0 Å². The number of rotatable bonds is 7. The van der Waals surface area contributed by atoms with E-state index in [2.05, 4.69) is 4.98 Å². The second kappa shape index (κ2) is 8.39. The lowest BCUT2D eigenvalue weighted by Crippen LogP contribution is -2.57. The predicted octanol–water partition coefficient (Wildman–Crippen LogP) is 1.35. The number of fused-ring (bicyclic) bond motifs is 1. The van der Waals surface area contributed by atoms with Gasteiger partial charge in [0.2, 0.25) is 0 Å². The fourth-order valence-electron chi connectivity index (χ4n) is 5.19. The maximum absolute atomic E-state index is 13.1. The molecule has 4 fully saturated rings. The number of nitrogens with one attached hydrogen (secondary N) is 1. The number of phosphoric ester groups is 1. The summed E-state index contributed by atoms with van der Waals surface area (Å²) >= 11 is 0. The van der Waals surface area contributed by atoms with E-state index in [1.54, 1.807) is 13.8 Å². The van der Waals surface area contributed by atoms with Gasteiger partial charge in [-0.25, -0.2) is 9.36 Å². The van der Waals surface area contributed by atoms with Gasteiger partial charge < -0.3 is 15.2 Å². The predicted molar refractivity (Wildman–Crippen MR) is 117 cm³/mol. The summed E-state index contributed by atoms with van der Waals surface area (Å²) in [5.74, 6) is -0.723. The number of ether oxygens (including phenoxy) is 2. The van der Waals surface area contributed by atoms with E-state index in [4.69, 9.17) is 28.8 Å². The van der Waals surface area contributed by atoms with Crippen molar-refractivity contribution in [1.29, 1.82) is 0 Å². The van der Waals surface area contributed by atoms with Crippen molar-refractivity contribution in [3.63, 3.8) is 0 Å². The van der Waals surface area contributed by atoms with Crippen molar-refractivity contribution in [3.05, 3.63) is 33.1 Å². The minimum atomic E-state index is -3.95. The summed E-state index contributed by atoms with van der Waals surface area (Å²) in [6.07, 6.45) is 4.32.